The normalized spacial score (nSPS) is 31.3. The van der Waals surface area contributed by atoms with Crippen LogP contribution in [0.2, 0.25) is 0 Å². The monoisotopic (exact) mass is 703 g/mol. The maximum Gasteiger partial charge on any atom is 0.404 e. The summed E-state index contributed by atoms with van der Waals surface area (Å²) in [5, 5.41) is 21.8. The van der Waals surface area contributed by atoms with Crippen LogP contribution in [0.15, 0.2) is 84.3 Å². The molecule has 0 unspecified atom stereocenters. The molecule has 4 rings (SSSR count). The molecule has 11 nitrogen and oxygen atoms in total. The van der Waals surface area contributed by atoms with E-state index >= 15 is 0 Å². The molecule has 1 aromatic rings. The van der Waals surface area contributed by atoms with E-state index < -0.39 is 46.3 Å². The summed E-state index contributed by atoms with van der Waals surface area (Å²) in [6.45, 7) is 15.2. The maximum absolute atomic E-state index is 13.6. The van der Waals surface area contributed by atoms with Crippen molar-refractivity contribution in [2.75, 3.05) is 32.6 Å². The molecule has 3 N–H and O–H groups in total. The van der Waals surface area contributed by atoms with E-state index in [0.29, 0.717) is 19.6 Å². The molecule has 3 fully saturated rings. The van der Waals surface area contributed by atoms with Crippen LogP contribution in [-0.4, -0.2) is 106 Å². The summed E-state index contributed by atoms with van der Waals surface area (Å²) in [5.74, 6) is -0.627. The van der Waals surface area contributed by atoms with Gasteiger partial charge < -0.3 is 39.2 Å². The molecule has 49 heavy (non-hydrogen) atoms. The Hall–Kier alpha value is -2.84. The first-order chi connectivity index (χ1) is 23.4. The Bertz CT molecular complexity index is 1400. The lowest BCUT2D eigenvalue weighted by molar-refractivity contribution is -0.0768. The lowest BCUT2D eigenvalue weighted by Gasteiger charge is -2.38. The second-order valence-corrected chi connectivity index (χ2v) is 15.3. The zero-order valence-electron chi connectivity index (χ0n) is 28.7. The fourth-order valence-corrected chi connectivity index (χ4v) is 8.79. The van der Waals surface area contributed by atoms with Gasteiger partial charge in [0.15, 0.2) is 9.84 Å². The first-order valence-corrected chi connectivity index (χ1v) is 18.7. The van der Waals surface area contributed by atoms with Gasteiger partial charge in [0.05, 0.1) is 72.7 Å². The van der Waals surface area contributed by atoms with Crippen molar-refractivity contribution in [2.24, 2.45) is 11.8 Å². The van der Waals surface area contributed by atoms with Crippen molar-refractivity contribution < 1.29 is 47.1 Å². The number of benzene rings is 1. The highest BCUT2D eigenvalue weighted by Gasteiger charge is 2.49. The Morgan fingerprint density at radius 1 is 1.10 bits per heavy atom. The number of hydrogen-bond donors (Lipinski definition) is 3. The van der Waals surface area contributed by atoms with E-state index in [1.54, 1.807) is 36.4 Å². The number of nitrogens with one attached hydrogen (secondary N) is 1. The topological polar surface area (TPSA) is 150 Å². The molecule has 3 saturated heterocycles. The number of carboxylic acid groups (broad SMARTS) is 1. The van der Waals surface area contributed by atoms with Gasteiger partial charge in [0.1, 0.15) is 0 Å². The van der Waals surface area contributed by atoms with Crippen LogP contribution in [0.1, 0.15) is 45.4 Å². The fourth-order valence-electron chi connectivity index (χ4n) is 7.11. The Morgan fingerprint density at radius 2 is 1.86 bits per heavy atom. The first-order valence-electron chi connectivity index (χ1n) is 17.0. The number of aliphatic hydroxyl groups is 1. The summed E-state index contributed by atoms with van der Waals surface area (Å²) in [4.78, 5) is 11.2. The first kappa shape index (κ1) is 39.0. The molecule has 1 aromatic carbocycles. The second-order valence-electron chi connectivity index (χ2n) is 13.3. The van der Waals surface area contributed by atoms with E-state index in [9.17, 15) is 18.3 Å². The average Bonchev–Trinajstić information content (AvgIpc) is 3.58. The Balaban J connectivity index is 1.44. The Morgan fingerprint density at radius 3 is 2.55 bits per heavy atom. The molecule has 0 aliphatic carbocycles. The van der Waals surface area contributed by atoms with Crippen molar-refractivity contribution in [1.82, 2.24) is 5.32 Å². The van der Waals surface area contributed by atoms with Crippen molar-refractivity contribution in [2.45, 2.75) is 99.2 Å². The number of carbonyl (C=O) groups is 1. The molecule has 10 atom stereocenters. The van der Waals surface area contributed by atoms with Crippen molar-refractivity contribution in [3.05, 3.63) is 79.4 Å². The third-order valence-corrected chi connectivity index (χ3v) is 11.5. The molecule has 3 aliphatic heterocycles. The van der Waals surface area contributed by atoms with Gasteiger partial charge in [-0.3, -0.25) is 0 Å². The number of ether oxygens (including phenoxy) is 5. The van der Waals surface area contributed by atoms with E-state index in [0.717, 1.165) is 36.8 Å². The van der Waals surface area contributed by atoms with Crippen LogP contribution in [0.4, 0.5) is 4.79 Å². The molecule has 12 heteroatoms. The molecule has 0 radical (unpaired) electrons. The summed E-state index contributed by atoms with van der Waals surface area (Å²) in [6.07, 6.45) is 4.47. The number of rotatable bonds is 18. The number of amides is 1. The van der Waals surface area contributed by atoms with Gasteiger partial charge in [-0.25, -0.2) is 13.2 Å². The van der Waals surface area contributed by atoms with Crippen LogP contribution in [0.25, 0.3) is 0 Å². The minimum absolute atomic E-state index is 0.0349. The highest BCUT2D eigenvalue weighted by molar-refractivity contribution is 7.91. The molecule has 3 aliphatic rings. The van der Waals surface area contributed by atoms with E-state index in [1.807, 2.05) is 12.2 Å². The van der Waals surface area contributed by atoms with Crippen molar-refractivity contribution in [3.8, 4) is 0 Å². The third kappa shape index (κ3) is 11.1. The molecule has 1 amide bonds. The van der Waals surface area contributed by atoms with Gasteiger partial charge >= 0.3 is 6.09 Å². The zero-order valence-corrected chi connectivity index (χ0v) is 29.5. The summed E-state index contributed by atoms with van der Waals surface area (Å²) >= 11 is 0. The van der Waals surface area contributed by atoms with Gasteiger partial charge in [-0.05, 0) is 48.5 Å². The van der Waals surface area contributed by atoms with Gasteiger partial charge in [-0.2, -0.15) is 0 Å². The van der Waals surface area contributed by atoms with Gasteiger partial charge in [-0.1, -0.05) is 56.5 Å². The summed E-state index contributed by atoms with van der Waals surface area (Å²) in [7, 11) is -2.22. The molecular formula is C37H53NO10S. The fraction of sp³-hybridized carbons (Fsp3) is 0.595. The van der Waals surface area contributed by atoms with Crippen molar-refractivity contribution >= 4 is 15.9 Å². The van der Waals surface area contributed by atoms with Crippen LogP contribution < -0.4 is 5.32 Å². The lowest BCUT2D eigenvalue weighted by Crippen LogP contribution is -2.40. The molecule has 0 bridgehead atoms. The lowest BCUT2D eigenvalue weighted by atomic mass is 9.83. The number of aliphatic hydroxyl groups excluding tert-OH is 1. The van der Waals surface area contributed by atoms with Crippen LogP contribution in [-0.2, 0) is 33.5 Å². The van der Waals surface area contributed by atoms with E-state index in [2.05, 4.69) is 32.0 Å². The zero-order chi connectivity index (χ0) is 35.6. The molecule has 3 heterocycles. The van der Waals surface area contributed by atoms with Gasteiger partial charge in [-0.15, -0.1) is 6.58 Å². The molecular weight excluding hydrogens is 650 g/mol. The second kappa shape index (κ2) is 18.4. The molecule has 0 spiro atoms. The van der Waals surface area contributed by atoms with Crippen LogP contribution in [0, 0.1) is 11.8 Å². The average molecular weight is 704 g/mol. The third-order valence-electron chi connectivity index (χ3n) is 9.67. The van der Waals surface area contributed by atoms with Crippen LogP contribution in [0.3, 0.4) is 0 Å². The Kier molecular flexibility index (Phi) is 14.6. The minimum Gasteiger partial charge on any atom is -0.465 e. The van der Waals surface area contributed by atoms with E-state index in [1.165, 1.54) is 7.11 Å². The number of hydrogen-bond acceptors (Lipinski definition) is 9. The van der Waals surface area contributed by atoms with Crippen molar-refractivity contribution in [3.63, 3.8) is 0 Å². The van der Waals surface area contributed by atoms with Crippen molar-refractivity contribution in [1.29, 1.82) is 0 Å². The standard InChI is InChI=1S/C37H53NO10S/c1-6-16-45-17-10-11-28-19-25(3)32(46-28)15-14-29-18-24(2)26(4)33(47-29)21-34-31(23-49(42,43)30-12-8-7-9-13-30)36(44-5)35(48-34)20-27(39)22-38-37(40)41/h6-13,24,27-29,31-36,38-39H,1,3-4,14-23H2,2,5H3,(H,40,41)/t24-,27+,28+,29+,31+,32+,33-,34+,35-,36-/m1/s1. The maximum atomic E-state index is 13.6. The van der Waals surface area contributed by atoms with Crippen LogP contribution in [0.5, 0.6) is 0 Å². The Labute approximate surface area is 290 Å². The van der Waals surface area contributed by atoms with Gasteiger partial charge in [0, 0.05) is 38.8 Å². The van der Waals surface area contributed by atoms with Gasteiger partial charge in [0.25, 0.3) is 0 Å². The quantitative estimate of drug-likeness (QED) is 0.143. The summed E-state index contributed by atoms with van der Waals surface area (Å²) in [5.41, 5.74) is 1.99. The summed E-state index contributed by atoms with van der Waals surface area (Å²) < 4.78 is 57.9. The van der Waals surface area contributed by atoms with Gasteiger partial charge in [0.2, 0.25) is 0 Å². The van der Waals surface area contributed by atoms with E-state index in [-0.39, 0.29) is 53.9 Å². The largest absolute Gasteiger partial charge is 0.465 e. The van der Waals surface area contributed by atoms with Crippen LogP contribution >= 0.6 is 0 Å². The predicted molar refractivity (Wildman–Crippen MR) is 186 cm³/mol. The number of methoxy groups -OCH3 is 1. The van der Waals surface area contributed by atoms with E-state index in [4.69, 9.17) is 28.8 Å². The highest BCUT2D eigenvalue weighted by atomic mass is 32.2. The molecule has 272 valence electrons. The smallest absolute Gasteiger partial charge is 0.404 e. The molecule has 0 aromatic heterocycles. The number of sulfone groups is 1. The highest BCUT2D eigenvalue weighted by Crippen LogP contribution is 2.41. The SMILES string of the molecule is C=CCOCC=C[C@H]1CC(=C)[C@H](CC[C@H]2C[C@@H](C)C(=C)[C@@H](C[C@@H]3O[C@H](C[C@H](O)CNC(=O)O)[C@H](OC)[C@H]3CS(=O)(=O)c3ccccc3)O2)O1. The predicted octanol–water partition coefficient (Wildman–Crippen LogP) is 4.87. The minimum atomic E-state index is -3.72. The summed E-state index contributed by atoms with van der Waals surface area (Å²) in [6, 6.07) is 8.26. The molecule has 0 saturated carbocycles.